The summed E-state index contributed by atoms with van der Waals surface area (Å²) in [6.45, 7) is 0.311. The summed E-state index contributed by atoms with van der Waals surface area (Å²) in [4.78, 5) is 32.2. The Bertz CT molecular complexity index is 1290. The number of carbonyl (C=O) groups is 1. The van der Waals surface area contributed by atoms with E-state index in [1.54, 1.807) is 22.2 Å². The lowest BCUT2D eigenvalue weighted by atomic mass is 10.0. The fraction of sp³-hybridized carbons (Fsp3) is 0.208. The van der Waals surface area contributed by atoms with Crippen LogP contribution < -0.4 is 10.9 Å². The predicted molar refractivity (Wildman–Crippen MR) is 121 cm³/mol. The van der Waals surface area contributed by atoms with Crippen LogP contribution in [0.15, 0.2) is 65.7 Å². The second kappa shape index (κ2) is 7.88. The standard InChI is InChI=1S/C24H21N3O2S/c28-21(26-19-11-5-4-9-17(19)16-7-2-1-3-8-16)13-14-27-15-25-23-22(24(27)29)18-10-6-12-20(18)30-23/h1-5,7-9,11,15H,6,10,12-14H2,(H,26,28). The van der Waals surface area contributed by atoms with Crippen LogP contribution in [0.3, 0.4) is 0 Å². The van der Waals surface area contributed by atoms with Gasteiger partial charge in [0, 0.05) is 29.1 Å². The molecule has 0 atom stereocenters. The van der Waals surface area contributed by atoms with Crippen molar-refractivity contribution >= 4 is 33.1 Å². The van der Waals surface area contributed by atoms with Crippen LogP contribution in [0.2, 0.25) is 0 Å². The van der Waals surface area contributed by atoms with Crippen molar-refractivity contribution in [2.45, 2.75) is 32.2 Å². The molecule has 2 aromatic heterocycles. The Morgan fingerprint density at radius 1 is 1.07 bits per heavy atom. The Morgan fingerprint density at radius 3 is 2.73 bits per heavy atom. The molecule has 0 fully saturated rings. The molecule has 1 aliphatic carbocycles. The van der Waals surface area contributed by atoms with Crippen molar-refractivity contribution in [3.8, 4) is 11.1 Å². The number of aromatic nitrogens is 2. The Morgan fingerprint density at radius 2 is 1.87 bits per heavy atom. The average molecular weight is 416 g/mol. The molecular formula is C24H21N3O2S. The maximum Gasteiger partial charge on any atom is 0.262 e. The molecule has 6 heteroatoms. The Labute approximate surface area is 178 Å². The number of fused-ring (bicyclic) bond motifs is 3. The van der Waals surface area contributed by atoms with E-state index < -0.39 is 0 Å². The van der Waals surface area contributed by atoms with Gasteiger partial charge in [0.15, 0.2) is 0 Å². The molecule has 4 aromatic rings. The van der Waals surface area contributed by atoms with Gasteiger partial charge in [-0.15, -0.1) is 11.3 Å². The number of benzene rings is 2. The van der Waals surface area contributed by atoms with Gasteiger partial charge in [0.1, 0.15) is 4.83 Å². The second-order valence-corrected chi connectivity index (χ2v) is 8.57. The van der Waals surface area contributed by atoms with E-state index in [0.717, 1.165) is 46.3 Å². The van der Waals surface area contributed by atoms with E-state index >= 15 is 0 Å². The maximum atomic E-state index is 13.0. The summed E-state index contributed by atoms with van der Waals surface area (Å²) < 4.78 is 1.57. The van der Waals surface area contributed by atoms with Crippen molar-refractivity contribution in [1.82, 2.24) is 9.55 Å². The van der Waals surface area contributed by atoms with Gasteiger partial charge in [-0.3, -0.25) is 14.2 Å². The summed E-state index contributed by atoms with van der Waals surface area (Å²) in [5.41, 5.74) is 3.93. The lowest BCUT2D eigenvalue weighted by Crippen LogP contribution is -2.23. The number of anilines is 1. The van der Waals surface area contributed by atoms with E-state index in [0.29, 0.717) is 6.54 Å². The molecular weight excluding hydrogens is 394 g/mol. The molecule has 1 amide bonds. The van der Waals surface area contributed by atoms with E-state index in [9.17, 15) is 9.59 Å². The minimum Gasteiger partial charge on any atom is -0.325 e. The molecule has 30 heavy (non-hydrogen) atoms. The number of rotatable bonds is 5. The van der Waals surface area contributed by atoms with Crippen LogP contribution >= 0.6 is 11.3 Å². The Balaban J connectivity index is 1.33. The van der Waals surface area contributed by atoms with Crippen LogP contribution in [0.25, 0.3) is 21.3 Å². The van der Waals surface area contributed by atoms with Gasteiger partial charge in [0.2, 0.25) is 5.91 Å². The number of hydrogen-bond acceptors (Lipinski definition) is 4. The van der Waals surface area contributed by atoms with Crippen LogP contribution in [0.4, 0.5) is 5.69 Å². The number of carbonyl (C=O) groups excluding carboxylic acids is 1. The van der Waals surface area contributed by atoms with E-state index in [4.69, 9.17) is 0 Å². The highest BCUT2D eigenvalue weighted by Crippen LogP contribution is 2.34. The first kappa shape index (κ1) is 18.8. The summed E-state index contributed by atoms with van der Waals surface area (Å²) in [7, 11) is 0. The number of amides is 1. The molecule has 1 aliphatic rings. The third kappa shape index (κ3) is 3.44. The monoisotopic (exact) mass is 415 g/mol. The van der Waals surface area contributed by atoms with Crippen LogP contribution in [-0.4, -0.2) is 15.5 Å². The van der Waals surface area contributed by atoms with Crippen LogP contribution in [-0.2, 0) is 24.2 Å². The lowest BCUT2D eigenvalue weighted by Gasteiger charge is -2.12. The summed E-state index contributed by atoms with van der Waals surface area (Å²) in [6.07, 6.45) is 4.88. The van der Waals surface area contributed by atoms with Crippen molar-refractivity contribution in [1.29, 1.82) is 0 Å². The van der Waals surface area contributed by atoms with E-state index in [2.05, 4.69) is 10.3 Å². The normalized spacial score (nSPS) is 12.8. The molecule has 1 N–H and O–H groups in total. The number of thiophene rings is 1. The maximum absolute atomic E-state index is 13.0. The highest BCUT2D eigenvalue weighted by Gasteiger charge is 2.21. The Kier molecular flexibility index (Phi) is 4.93. The molecule has 0 radical (unpaired) electrons. The third-order valence-corrected chi connectivity index (χ3v) is 6.76. The van der Waals surface area contributed by atoms with Gasteiger partial charge in [0.25, 0.3) is 5.56 Å². The molecule has 5 nitrogen and oxygen atoms in total. The first-order valence-electron chi connectivity index (χ1n) is 10.1. The molecule has 150 valence electrons. The first-order valence-corrected chi connectivity index (χ1v) is 11.0. The third-order valence-electron chi connectivity index (χ3n) is 5.56. The number of aryl methyl sites for hydroxylation is 3. The predicted octanol–water partition coefficient (Wildman–Crippen LogP) is 4.64. The molecule has 0 saturated heterocycles. The Hall–Kier alpha value is -3.25. The van der Waals surface area contributed by atoms with Crippen LogP contribution in [0, 0.1) is 0 Å². The highest BCUT2D eigenvalue weighted by atomic mass is 32.1. The fourth-order valence-electron chi connectivity index (χ4n) is 4.08. The topological polar surface area (TPSA) is 64.0 Å². The zero-order valence-electron chi connectivity index (χ0n) is 16.4. The zero-order chi connectivity index (χ0) is 20.5. The summed E-state index contributed by atoms with van der Waals surface area (Å²) in [5.74, 6) is -0.124. The van der Waals surface area contributed by atoms with Crippen LogP contribution in [0.1, 0.15) is 23.3 Å². The first-order chi connectivity index (χ1) is 14.7. The quantitative estimate of drug-likeness (QED) is 0.516. The number of nitrogens with zero attached hydrogens (tertiary/aromatic N) is 2. The molecule has 2 aromatic carbocycles. The highest BCUT2D eigenvalue weighted by molar-refractivity contribution is 7.18. The molecule has 0 spiro atoms. The minimum atomic E-state index is -0.124. The average Bonchev–Trinajstić information content (AvgIpc) is 3.35. The smallest absolute Gasteiger partial charge is 0.262 e. The van der Waals surface area contributed by atoms with E-state index in [-0.39, 0.29) is 17.9 Å². The van der Waals surface area contributed by atoms with Gasteiger partial charge >= 0.3 is 0 Å². The lowest BCUT2D eigenvalue weighted by molar-refractivity contribution is -0.116. The van der Waals surface area contributed by atoms with Gasteiger partial charge in [-0.2, -0.15) is 0 Å². The van der Waals surface area contributed by atoms with Crippen molar-refractivity contribution in [2.75, 3.05) is 5.32 Å². The van der Waals surface area contributed by atoms with Crippen LogP contribution in [0.5, 0.6) is 0 Å². The summed E-state index contributed by atoms with van der Waals surface area (Å²) in [5, 5.41) is 3.75. The summed E-state index contributed by atoms with van der Waals surface area (Å²) in [6, 6.07) is 17.7. The molecule has 0 bridgehead atoms. The molecule has 2 heterocycles. The number of para-hydroxylation sites is 1. The number of hydrogen-bond donors (Lipinski definition) is 1. The van der Waals surface area contributed by atoms with Gasteiger partial charge in [-0.1, -0.05) is 48.5 Å². The second-order valence-electron chi connectivity index (χ2n) is 7.49. The zero-order valence-corrected chi connectivity index (χ0v) is 17.2. The van der Waals surface area contributed by atoms with Gasteiger partial charge in [0.05, 0.1) is 11.7 Å². The largest absolute Gasteiger partial charge is 0.325 e. The minimum absolute atomic E-state index is 0.0307. The van der Waals surface area contributed by atoms with E-state index in [1.807, 2.05) is 54.6 Å². The summed E-state index contributed by atoms with van der Waals surface area (Å²) >= 11 is 1.63. The van der Waals surface area contributed by atoms with Gasteiger partial charge in [-0.05, 0) is 36.5 Å². The SMILES string of the molecule is O=C(CCn1cnc2sc3c(c2c1=O)CCC3)Nc1ccccc1-c1ccccc1. The van der Waals surface area contributed by atoms with Crippen molar-refractivity contribution in [3.63, 3.8) is 0 Å². The number of nitrogens with one attached hydrogen (secondary N) is 1. The fourth-order valence-corrected chi connectivity index (χ4v) is 5.29. The van der Waals surface area contributed by atoms with E-state index in [1.165, 1.54) is 10.4 Å². The van der Waals surface area contributed by atoms with Gasteiger partial charge < -0.3 is 5.32 Å². The van der Waals surface area contributed by atoms with Gasteiger partial charge in [-0.25, -0.2) is 4.98 Å². The molecule has 5 rings (SSSR count). The molecule has 0 saturated carbocycles. The van der Waals surface area contributed by atoms with Crippen molar-refractivity contribution in [3.05, 3.63) is 81.7 Å². The molecule has 0 aliphatic heterocycles. The van der Waals surface area contributed by atoms with Crippen molar-refractivity contribution < 1.29 is 4.79 Å². The molecule has 0 unspecified atom stereocenters. The van der Waals surface area contributed by atoms with Crippen molar-refractivity contribution in [2.24, 2.45) is 0 Å².